The third kappa shape index (κ3) is 0.966. The second-order valence-corrected chi connectivity index (χ2v) is 3.73. The van der Waals surface area contributed by atoms with Crippen molar-refractivity contribution < 1.29 is 4.42 Å². The van der Waals surface area contributed by atoms with Crippen LogP contribution in [0.2, 0.25) is 0 Å². The molecule has 0 atom stereocenters. The summed E-state index contributed by atoms with van der Waals surface area (Å²) in [5.41, 5.74) is 0. The average molecular weight is 164 g/mol. The molecule has 2 heterocycles. The van der Waals surface area contributed by atoms with Crippen molar-refractivity contribution in [1.29, 1.82) is 0 Å². The van der Waals surface area contributed by atoms with Crippen LogP contribution >= 0.6 is 0 Å². The zero-order valence-corrected chi connectivity index (χ0v) is 6.92. The molecule has 1 aliphatic carbocycles. The first-order chi connectivity index (χ1) is 5.93. The maximum Gasteiger partial charge on any atom is 0.197 e. The predicted molar refractivity (Wildman–Crippen MR) is 44.1 cm³/mol. The van der Waals surface area contributed by atoms with Crippen molar-refractivity contribution in [1.82, 2.24) is 10.3 Å². The first kappa shape index (κ1) is 6.66. The molecule has 1 N–H and O–H groups in total. The zero-order chi connectivity index (χ0) is 7.97. The maximum atomic E-state index is 5.66. The molecule has 2 fully saturated rings. The smallest absolute Gasteiger partial charge is 0.197 e. The number of hydrogen-bond acceptors (Lipinski definition) is 3. The molecule has 1 saturated carbocycles. The van der Waals surface area contributed by atoms with E-state index in [9.17, 15) is 0 Å². The number of nitrogens with one attached hydrogen (secondary N) is 1. The van der Waals surface area contributed by atoms with Crippen molar-refractivity contribution in [2.45, 2.75) is 24.7 Å². The third-order valence-electron chi connectivity index (χ3n) is 2.65. The van der Waals surface area contributed by atoms with Gasteiger partial charge in [-0.3, -0.25) is 0 Å². The molecule has 1 aliphatic heterocycles. The Morgan fingerprint density at radius 3 is 2.75 bits per heavy atom. The molecule has 1 saturated heterocycles. The first-order valence-corrected chi connectivity index (χ1v) is 4.60. The SMILES string of the molecule is c1nc(C2CC2)oc1C1CNC1. The van der Waals surface area contributed by atoms with Crippen molar-refractivity contribution in [3.8, 4) is 0 Å². The van der Waals surface area contributed by atoms with Crippen molar-refractivity contribution in [3.63, 3.8) is 0 Å². The molecule has 12 heavy (non-hydrogen) atoms. The summed E-state index contributed by atoms with van der Waals surface area (Å²) in [6, 6.07) is 0. The highest BCUT2D eigenvalue weighted by Gasteiger charge is 2.30. The van der Waals surface area contributed by atoms with Crippen LogP contribution in [0.3, 0.4) is 0 Å². The van der Waals surface area contributed by atoms with E-state index in [0.29, 0.717) is 11.8 Å². The highest BCUT2D eigenvalue weighted by Crippen LogP contribution is 2.40. The Hall–Kier alpha value is -0.830. The van der Waals surface area contributed by atoms with E-state index in [1.807, 2.05) is 6.20 Å². The molecule has 0 bridgehead atoms. The Kier molecular flexibility index (Phi) is 1.29. The van der Waals surface area contributed by atoms with Crippen LogP contribution in [-0.4, -0.2) is 18.1 Å². The van der Waals surface area contributed by atoms with Crippen LogP contribution in [0.4, 0.5) is 0 Å². The van der Waals surface area contributed by atoms with E-state index in [2.05, 4.69) is 10.3 Å². The monoisotopic (exact) mass is 164 g/mol. The Balaban J connectivity index is 1.81. The van der Waals surface area contributed by atoms with Gasteiger partial charge < -0.3 is 9.73 Å². The van der Waals surface area contributed by atoms with Crippen LogP contribution in [0, 0.1) is 0 Å². The molecule has 3 heteroatoms. The van der Waals surface area contributed by atoms with E-state index < -0.39 is 0 Å². The lowest BCUT2D eigenvalue weighted by Gasteiger charge is -2.24. The number of aromatic nitrogens is 1. The van der Waals surface area contributed by atoms with Gasteiger partial charge in [0.05, 0.1) is 6.20 Å². The summed E-state index contributed by atoms with van der Waals surface area (Å²) >= 11 is 0. The summed E-state index contributed by atoms with van der Waals surface area (Å²) in [4.78, 5) is 4.29. The minimum atomic E-state index is 0.588. The highest BCUT2D eigenvalue weighted by atomic mass is 16.4. The van der Waals surface area contributed by atoms with E-state index in [-0.39, 0.29) is 0 Å². The molecular weight excluding hydrogens is 152 g/mol. The Morgan fingerprint density at radius 2 is 2.17 bits per heavy atom. The van der Waals surface area contributed by atoms with Gasteiger partial charge in [0.15, 0.2) is 5.89 Å². The van der Waals surface area contributed by atoms with Crippen molar-refractivity contribution in [2.75, 3.05) is 13.1 Å². The Labute approximate surface area is 71.2 Å². The van der Waals surface area contributed by atoms with Gasteiger partial charge in [0, 0.05) is 24.9 Å². The van der Waals surface area contributed by atoms with Crippen LogP contribution < -0.4 is 5.32 Å². The summed E-state index contributed by atoms with van der Waals surface area (Å²) in [7, 11) is 0. The normalized spacial score (nSPS) is 24.0. The van der Waals surface area contributed by atoms with Gasteiger partial charge in [0.1, 0.15) is 5.76 Å². The van der Waals surface area contributed by atoms with Gasteiger partial charge in [-0.05, 0) is 12.8 Å². The highest BCUT2D eigenvalue weighted by molar-refractivity contribution is 5.11. The Bertz CT molecular complexity index is 286. The lowest BCUT2D eigenvalue weighted by Crippen LogP contribution is -2.39. The van der Waals surface area contributed by atoms with Gasteiger partial charge >= 0.3 is 0 Å². The number of hydrogen-bond donors (Lipinski definition) is 1. The average Bonchev–Trinajstić information content (AvgIpc) is 2.70. The molecule has 0 radical (unpaired) electrons. The fourth-order valence-corrected chi connectivity index (χ4v) is 1.50. The van der Waals surface area contributed by atoms with Gasteiger partial charge in [-0.1, -0.05) is 0 Å². The zero-order valence-electron chi connectivity index (χ0n) is 6.92. The third-order valence-corrected chi connectivity index (χ3v) is 2.65. The molecular formula is C9H12N2O. The Morgan fingerprint density at radius 1 is 1.33 bits per heavy atom. The summed E-state index contributed by atoms with van der Waals surface area (Å²) in [5, 5.41) is 3.23. The van der Waals surface area contributed by atoms with Gasteiger partial charge in [-0.15, -0.1) is 0 Å². The van der Waals surface area contributed by atoms with E-state index in [4.69, 9.17) is 4.42 Å². The molecule has 0 unspecified atom stereocenters. The van der Waals surface area contributed by atoms with Crippen LogP contribution in [0.25, 0.3) is 0 Å². The molecule has 0 aromatic carbocycles. The van der Waals surface area contributed by atoms with Crippen molar-refractivity contribution >= 4 is 0 Å². The van der Waals surface area contributed by atoms with Crippen LogP contribution in [0.15, 0.2) is 10.6 Å². The molecule has 1 aromatic heterocycles. The molecule has 64 valence electrons. The van der Waals surface area contributed by atoms with Gasteiger partial charge in [-0.2, -0.15) is 0 Å². The molecule has 3 nitrogen and oxygen atoms in total. The lowest BCUT2D eigenvalue weighted by atomic mass is 10.0. The minimum absolute atomic E-state index is 0.588. The summed E-state index contributed by atoms with van der Waals surface area (Å²) < 4.78 is 5.66. The maximum absolute atomic E-state index is 5.66. The van der Waals surface area contributed by atoms with Gasteiger partial charge in [0.25, 0.3) is 0 Å². The molecule has 2 aliphatic rings. The fraction of sp³-hybridized carbons (Fsp3) is 0.667. The van der Waals surface area contributed by atoms with E-state index in [1.165, 1.54) is 12.8 Å². The number of oxazole rings is 1. The van der Waals surface area contributed by atoms with E-state index >= 15 is 0 Å². The van der Waals surface area contributed by atoms with Crippen LogP contribution in [-0.2, 0) is 0 Å². The second-order valence-electron chi connectivity index (χ2n) is 3.73. The van der Waals surface area contributed by atoms with Crippen LogP contribution in [0.5, 0.6) is 0 Å². The lowest BCUT2D eigenvalue weighted by molar-refractivity contribution is 0.354. The minimum Gasteiger partial charge on any atom is -0.445 e. The standard InChI is InChI=1S/C9H12N2O/c1-2-6(1)9-11-5-8(12-9)7-3-10-4-7/h5-7,10H,1-4H2. The summed E-state index contributed by atoms with van der Waals surface area (Å²) in [6.45, 7) is 2.11. The number of nitrogens with zero attached hydrogens (tertiary/aromatic N) is 1. The largest absolute Gasteiger partial charge is 0.445 e. The van der Waals surface area contributed by atoms with Gasteiger partial charge in [-0.25, -0.2) is 4.98 Å². The first-order valence-electron chi connectivity index (χ1n) is 4.60. The summed E-state index contributed by atoms with van der Waals surface area (Å²) in [5.74, 6) is 3.28. The van der Waals surface area contributed by atoms with E-state index in [1.54, 1.807) is 0 Å². The quantitative estimate of drug-likeness (QED) is 0.714. The molecule has 3 rings (SSSR count). The fourth-order valence-electron chi connectivity index (χ4n) is 1.50. The predicted octanol–water partition coefficient (Wildman–Crippen LogP) is 1.24. The van der Waals surface area contributed by atoms with Crippen LogP contribution in [0.1, 0.15) is 36.3 Å². The topological polar surface area (TPSA) is 38.1 Å². The summed E-state index contributed by atoms with van der Waals surface area (Å²) in [6.07, 6.45) is 4.44. The van der Waals surface area contributed by atoms with E-state index in [0.717, 1.165) is 24.7 Å². The number of rotatable bonds is 2. The van der Waals surface area contributed by atoms with Crippen molar-refractivity contribution in [2.24, 2.45) is 0 Å². The second kappa shape index (κ2) is 2.33. The van der Waals surface area contributed by atoms with Crippen molar-refractivity contribution in [3.05, 3.63) is 17.8 Å². The molecule has 0 spiro atoms. The van der Waals surface area contributed by atoms with Gasteiger partial charge in [0.2, 0.25) is 0 Å². The molecule has 1 aromatic rings. The molecule has 0 amide bonds.